The highest BCUT2D eigenvalue weighted by Gasteiger charge is 2.28. The molecular formula is C13H20N2O4S2. The van der Waals surface area contributed by atoms with E-state index >= 15 is 0 Å². The van der Waals surface area contributed by atoms with Gasteiger partial charge in [-0.2, -0.15) is 0 Å². The van der Waals surface area contributed by atoms with Crippen molar-refractivity contribution in [1.29, 1.82) is 0 Å². The molecule has 0 amide bonds. The summed E-state index contributed by atoms with van der Waals surface area (Å²) in [5.41, 5.74) is 0.559. The van der Waals surface area contributed by atoms with Gasteiger partial charge in [-0.25, -0.2) is 17.9 Å². The number of carbonyl (C=O) groups is 1. The Hall–Kier alpha value is -0.960. The van der Waals surface area contributed by atoms with Crippen molar-refractivity contribution in [3.63, 3.8) is 0 Å². The van der Waals surface area contributed by atoms with Gasteiger partial charge in [0.05, 0.1) is 7.11 Å². The Morgan fingerprint density at radius 2 is 2.19 bits per heavy atom. The Morgan fingerprint density at radius 3 is 2.76 bits per heavy atom. The first-order chi connectivity index (χ1) is 9.86. The molecule has 1 aliphatic rings. The number of likely N-dealkylation sites (N-methyl/N-ethyl adjacent to an activating group) is 1. The molecule has 0 unspecified atom stereocenters. The second kappa shape index (κ2) is 6.43. The average molecular weight is 332 g/mol. The van der Waals surface area contributed by atoms with Gasteiger partial charge in [0.15, 0.2) is 0 Å². The Balaban J connectivity index is 2.08. The van der Waals surface area contributed by atoms with Crippen molar-refractivity contribution in [3.8, 4) is 0 Å². The van der Waals surface area contributed by atoms with E-state index < -0.39 is 16.0 Å². The van der Waals surface area contributed by atoms with E-state index in [2.05, 4.69) is 14.4 Å². The van der Waals surface area contributed by atoms with Gasteiger partial charge in [-0.3, -0.25) is 0 Å². The van der Waals surface area contributed by atoms with E-state index in [1.807, 2.05) is 7.05 Å². The number of hydrogen-bond donors (Lipinski definition) is 1. The third kappa shape index (κ3) is 3.82. The van der Waals surface area contributed by atoms with Crippen molar-refractivity contribution in [2.45, 2.75) is 30.7 Å². The van der Waals surface area contributed by atoms with E-state index in [-0.39, 0.29) is 9.77 Å². The van der Waals surface area contributed by atoms with Crippen LogP contribution >= 0.6 is 11.3 Å². The third-order valence-electron chi connectivity index (χ3n) is 3.48. The number of sulfonamides is 1. The van der Waals surface area contributed by atoms with Crippen molar-refractivity contribution in [3.05, 3.63) is 15.8 Å². The number of esters is 1. The van der Waals surface area contributed by atoms with Crippen LogP contribution in [0.5, 0.6) is 0 Å². The zero-order valence-electron chi connectivity index (χ0n) is 12.4. The van der Waals surface area contributed by atoms with Gasteiger partial charge in [-0.1, -0.05) is 0 Å². The van der Waals surface area contributed by atoms with Crippen LogP contribution in [0.3, 0.4) is 0 Å². The molecule has 0 aliphatic heterocycles. The van der Waals surface area contributed by atoms with Crippen LogP contribution in [0, 0.1) is 6.92 Å². The minimum absolute atomic E-state index is 0.0356. The van der Waals surface area contributed by atoms with Crippen LogP contribution in [0.15, 0.2) is 10.3 Å². The monoisotopic (exact) mass is 332 g/mol. The molecule has 0 saturated heterocycles. The van der Waals surface area contributed by atoms with Crippen LogP contribution < -0.4 is 4.72 Å². The number of nitrogens with zero attached hydrogens (tertiary/aromatic N) is 1. The smallest absolute Gasteiger partial charge is 0.349 e. The van der Waals surface area contributed by atoms with Crippen LogP contribution in [0.25, 0.3) is 0 Å². The number of aryl methyl sites for hydroxylation is 1. The maximum Gasteiger partial charge on any atom is 0.349 e. The summed E-state index contributed by atoms with van der Waals surface area (Å²) in [6.07, 6.45) is 2.36. The summed E-state index contributed by atoms with van der Waals surface area (Å²) in [5.74, 6) is -0.622. The first-order valence-electron chi connectivity index (χ1n) is 6.73. The number of carbonyl (C=O) groups excluding carboxylic acids is 1. The highest BCUT2D eigenvalue weighted by Crippen LogP contribution is 2.27. The SMILES string of the molecule is COC(=O)c1scc(C)c1S(=O)(=O)NCCN(C)C1CC1. The van der Waals surface area contributed by atoms with Gasteiger partial charge in [0.1, 0.15) is 9.77 Å². The molecule has 6 nitrogen and oxygen atoms in total. The third-order valence-corrected chi connectivity index (χ3v) is 6.34. The average Bonchev–Trinajstić information content (AvgIpc) is 3.20. The Morgan fingerprint density at radius 1 is 1.52 bits per heavy atom. The molecule has 118 valence electrons. The minimum atomic E-state index is -3.70. The second-order valence-electron chi connectivity index (χ2n) is 5.18. The Bertz CT molecular complexity index is 620. The van der Waals surface area contributed by atoms with Crippen molar-refractivity contribution in [2.75, 3.05) is 27.2 Å². The summed E-state index contributed by atoms with van der Waals surface area (Å²) in [4.78, 5) is 14.0. The fourth-order valence-electron chi connectivity index (χ4n) is 2.13. The largest absolute Gasteiger partial charge is 0.465 e. The van der Waals surface area contributed by atoms with E-state index in [4.69, 9.17) is 0 Å². The van der Waals surface area contributed by atoms with E-state index in [9.17, 15) is 13.2 Å². The topological polar surface area (TPSA) is 75.7 Å². The summed E-state index contributed by atoms with van der Waals surface area (Å²) >= 11 is 1.09. The predicted molar refractivity (Wildman–Crippen MR) is 81.2 cm³/mol. The summed E-state index contributed by atoms with van der Waals surface area (Å²) in [6, 6.07) is 0.586. The Labute approximate surface area is 129 Å². The van der Waals surface area contributed by atoms with Gasteiger partial charge in [0, 0.05) is 19.1 Å². The molecule has 1 aromatic rings. The first-order valence-corrected chi connectivity index (χ1v) is 9.09. The molecule has 0 atom stereocenters. The maximum absolute atomic E-state index is 12.4. The molecule has 1 saturated carbocycles. The van der Waals surface area contributed by atoms with Crippen LogP contribution in [0.2, 0.25) is 0 Å². The number of ether oxygens (including phenoxy) is 1. The van der Waals surface area contributed by atoms with E-state index in [1.54, 1.807) is 12.3 Å². The molecule has 1 N–H and O–H groups in total. The number of rotatable bonds is 7. The molecule has 1 heterocycles. The summed E-state index contributed by atoms with van der Waals surface area (Å²) in [7, 11) is -0.472. The fraction of sp³-hybridized carbons (Fsp3) is 0.615. The van der Waals surface area contributed by atoms with Gasteiger partial charge >= 0.3 is 5.97 Å². The summed E-state index contributed by atoms with van der Waals surface area (Å²) in [6.45, 7) is 2.65. The standard InChI is InChI=1S/C13H20N2O4S2/c1-9-8-20-11(13(16)19-3)12(9)21(17,18)14-6-7-15(2)10-4-5-10/h8,10,14H,4-7H2,1-3H3. The summed E-state index contributed by atoms with van der Waals surface area (Å²) in [5, 5.41) is 1.65. The normalized spacial score (nSPS) is 15.4. The predicted octanol–water partition coefficient (Wildman–Crippen LogP) is 1.22. The zero-order valence-corrected chi connectivity index (χ0v) is 14.0. The van der Waals surface area contributed by atoms with Crippen LogP contribution in [0.4, 0.5) is 0 Å². The van der Waals surface area contributed by atoms with Gasteiger partial charge in [-0.05, 0) is 37.8 Å². The van der Waals surface area contributed by atoms with Gasteiger partial charge in [0.25, 0.3) is 0 Å². The molecule has 0 spiro atoms. The number of nitrogens with one attached hydrogen (secondary N) is 1. The molecular weight excluding hydrogens is 312 g/mol. The lowest BCUT2D eigenvalue weighted by Gasteiger charge is -2.16. The van der Waals surface area contributed by atoms with Crippen LogP contribution in [-0.2, 0) is 14.8 Å². The van der Waals surface area contributed by atoms with Crippen molar-refractivity contribution in [2.24, 2.45) is 0 Å². The quantitative estimate of drug-likeness (QED) is 0.760. The first kappa shape index (κ1) is 16.4. The zero-order chi connectivity index (χ0) is 15.6. The maximum atomic E-state index is 12.4. The lowest BCUT2D eigenvalue weighted by atomic mass is 10.3. The van der Waals surface area contributed by atoms with Gasteiger partial charge in [-0.15, -0.1) is 11.3 Å². The molecule has 21 heavy (non-hydrogen) atoms. The minimum Gasteiger partial charge on any atom is -0.465 e. The molecule has 1 aromatic heterocycles. The molecule has 0 radical (unpaired) electrons. The lowest BCUT2D eigenvalue weighted by molar-refractivity contribution is 0.0602. The van der Waals surface area contributed by atoms with Crippen LogP contribution in [-0.4, -0.2) is 52.6 Å². The van der Waals surface area contributed by atoms with Crippen molar-refractivity contribution in [1.82, 2.24) is 9.62 Å². The van der Waals surface area contributed by atoms with E-state index in [0.717, 1.165) is 11.3 Å². The van der Waals surface area contributed by atoms with E-state index in [0.29, 0.717) is 24.7 Å². The number of methoxy groups -OCH3 is 1. The van der Waals surface area contributed by atoms with Crippen LogP contribution in [0.1, 0.15) is 28.1 Å². The fourth-order valence-corrected chi connectivity index (χ4v) is 4.85. The van der Waals surface area contributed by atoms with Crippen molar-refractivity contribution < 1.29 is 17.9 Å². The lowest BCUT2D eigenvalue weighted by Crippen LogP contribution is -2.34. The van der Waals surface area contributed by atoms with Gasteiger partial charge < -0.3 is 9.64 Å². The molecule has 2 rings (SSSR count). The number of thiophene rings is 1. The Kier molecular flexibility index (Phi) is 5.03. The molecule has 1 fully saturated rings. The highest BCUT2D eigenvalue weighted by molar-refractivity contribution is 7.89. The van der Waals surface area contributed by atoms with Crippen molar-refractivity contribution >= 4 is 27.3 Å². The molecule has 0 bridgehead atoms. The molecule has 8 heteroatoms. The van der Waals surface area contributed by atoms with E-state index in [1.165, 1.54) is 20.0 Å². The molecule has 1 aliphatic carbocycles. The number of hydrogen-bond acceptors (Lipinski definition) is 6. The van der Waals surface area contributed by atoms with Gasteiger partial charge in [0.2, 0.25) is 10.0 Å². The molecule has 0 aromatic carbocycles. The second-order valence-corrected chi connectivity index (χ2v) is 7.76. The summed E-state index contributed by atoms with van der Waals surface area (Å²) < 4.78 is 32.0. The highest BCUT2D eigenvalue weighted by atomic mass is 32.2.